The number of nitrogens with zero attached hydrogens (tertiary/aromatic N) is 4. The van der Waals surface area contributed by atoms with Crippen LogP contribution in [0, 0.1) is 5.82 Å². The molecule has 1 fully saturated rings. The largest absolute Gasteiger partial charge is 0.416 e. The predicted octanol–water partition coefficient (Wildman–Crippen LogP) is 2.76. The van der Waals surface area contributed by atoms with Crippen LogP contribution in [0.25, 0.3) is 16.7 Å². The second kappa shape index (κ2) is 6.74. The van der Waals surface area contributed by atoms with Crippen LogP contribution in [0.5, 0.6) is 0 Å². The van der Waals surface area contributed by atoms with Gasteiger partial charge in [-0.3, -0.25) is 9.78 Å². The van der Waals surface area contributed by atoms with Gasteiger partial charge in [-0.15, -0.1) is 5.10 Å². The Morgan fingerprint density at radius 2 is 1.93 bits per heavy atom. The lowest BCUT2D eigenvalue weighted by molar-refractivity contribution is -0.137. The van der Waals surface area contributed by atoms with E-state index in [2.05, 4.69) is 15.1 Å². The second-order valence-electron chi connectivity index (χ2n) is 6.09. The van der Waals surface area contributed by atoms with E-state index < -0.39 is 33.8 Å². The molecule has 0 saturated carbocycles. The maximum absolute atomic E-state index is 14.4. The zero-order valence-corrected chi connectivity index (χ0v) is 14.8. The number of morpholine rings is 1. The molecular weight excluding hydrogens is 406 g/mol. The summed E-state index contributed by atoms with van der Waals surface area (Å²) in [6.07, 6.45) is -3.58. The molecule has 0 bridgehead atoms. The van der Waals surface area contributed by atoms with Crippen molar-refractivity contribution in [2.45, 2.75) is 6.18 Å². The number of hydrogen-bond donors (Lipinski definition) is 1. The molecule has 1 saturated heterocycles. The highest BCUT2D eigenvalue weighted by Crippen LogP contribution is 2.35. The van der Waals surface area contributed by atoms with Gasteiger partial charge in [-0.05, 0) is 12.1 Å². The Morgan fingerprint density at radius 3 is 2.57 bits per heavy atom. The van der Waals surface area contributed by atoms with Gasteiger partial charge < -0.3 is 9.64 Å². The number of rotatable bonds is 2. The molecule has 3 heterocycles. The van der Waals surface area contributed by atoms with E-state index in [-0.39, 0.29) is 17.0 Å². The molecule has 3 aromatic rings. The summed E-state index contributed by atoms with van der Waals surface area (Å²) in [5.74, 6) is -0.942. The van der Waals surface area contributed by atoms with Gasteiger partial charge in [-0.2, -0.15) is 18.2 Å². The molecule has 0 unspecified atom stereocenters. The molecule has 0 spiro atoms. The normalized spacial score (nSPS) is 15.4. The van der Waals surface area contributed by atoms with Gasteiger partial charge >= 0.3 is 6.18 Å². The molecule has 1 aliphatic heterocycles. The van der Waals surface area contributed by atoms with Gasteiger partial charge in [0.25, 0.3) is 5.56 Å². The number of aromatic nitrogens is 4. The molecule has 28 heavy (non-hydrogen) atoms. The van der Waals surface area contributed by atoms with Crippen LogP contribution >= 0.6 is 11.6 Å². The SMILES string of the molecule is O=c1[nH]c(N2CCOCC2)nc2nn(-c3c(F)cc(C(F)(F)F)cc3Cl)cc12. The minimum atomic E-state index is -4.75. The van der Waals surface area contributed by atoms with Crippen molar-refractivity contribution in [1.29, 1.82) is 0 Å². The summed E-state index contributed by atoms with van der Waals surface area (Å²) in [5.41, 5.74) is -2.12. The molecular formula is C16H12ClF4N5O2. The third-order valence-electron chi connectivity index (χ3n) is 4.26. The van der Waals surface area contributed by atoms with E-state index in [1.807, 2.05) is 0 Å². The van der Waals surface area contributed by atoms with Crippen molar-refractivity contribution in [1.82, 2.24) is 19.7 Å². The van der Waals surface area contributed by atoms with Gasteiger partial charge in [0.05, 0.1) is 23.8 Å². The van der Waals surface area contributed by atoms with E-state index in [4.69, 9.17) is 16.3 Å². The van der Waals surface area contributed by atoms with Gasteiger partial charge in [0.1, 0.15) is 11.1 Å². The third kappa shape index (κ3) is 3.31. The van der Waals surface area contributed by atoms with Crippen LogP contribution in [0.1, 0.15) is 5.56 Å². The van der Waals surface area contributed by atoms with Crippen LogP contribution in [0.4, 0.5) is 23.5 Å². The van der Waals surface area contributed by atoms with Crippen molar-refractivity contribution in [3.05, 3.63) is 45.1 Å². The summed E-state index contributed by atoms with van der Waals surface area (Å²) in [6, 6.07) is 0.924. The quantitative estimate of drug-likeness (QED) is 0.649. The van der Waals surface area contributed by atoms with Crippen LogP contribution in [0.15, 0.2) is 23.1 Å². The molecule has 148 valence electrons. The molecule has 0 amide bonds. The van der Waals surface area contributed by atoms with Crippen LogP contribution in [0.2, 0.25) is 5.02 Å². The Labute approximate surface area is 159 Å². The number of H-pyrrole nitrogens is 1. The van der Waals surface area contributed by atoms with Crippen molar-refractivity contribution in [2.75, 3.05) is 31.2 Å². The third-order valence-corrected chi connectivity index (χ3v) is 4.55. The molecule has 1 aromatic carbocycles. The number of ether oxygens (including phenoxy) is 1. The fourth-order valence-electron chi connectivity index (χ4n) is 2.89. The van der Waals surface area contributed by atoms with Crippen molar-refractivity contribution in [3.63, 3.8) is 0 Å². The van der Waals surface area contributed by atoms with E-state index in [9.17, 15) is 22.4 Å². The minimum Gasteiger partial charge on any atom is -0.378 e. The first-order valence-electron chi connectivity index (χ1n) is 8.13. The Balaban J connectivity index is 1.80. The number of benzene rings is 1. The summed E-state index contributed by atoms with van der Waals surface area (Å²) in [4.78, 5) is 21.0. The van der Waals surface area contributed by atoms with E-state index >= 15 is 0 Å². The Hall–Kier alpha value is -2.66. The topological polar surface area (TPSA) is 76.0 Å². The van der Waals surface area contributed by atoms with Crippen LogP contribution in [-0.4, -0.2) is 46.1 Å². The highest BCUT2D eigenvalue weighted by atomic mass is 35.5. The molecule has 1 N–H and O–H groups in total. The molecule has 4 rings (SSSR count). The van der Waals surface area contributed by atoms with Gasteiger partial charge in [0, 0.05) is 19.3 Å². The molecule has 1 aliphatic rings. The zero-order chi connectivity index (χ0) is 20.1. The lowest BCUT2D eigenvalue weighted by Gasteiger charge is -2.26. The van der Waals surface area contributed by atoms with Gasteiger partial charge in [0.2, 0.25) is 5.95 Å². The highest BCUT2D eigenvalue weighted by Gasteiger charge is 2.32. The highest BCUT2D eigenvalue weighted by molar-refractivity contribution is 6.32. The molecule has 0 aliphatic carbocycles. The summed E-state index contributed by atoms with van der Waals surface area (Å²) in [7, 11) is 0. The van der Waals surface area contributed by atoms with Crippen molar-refractivity contribution >= 4 is 28.6 Å². The van der Waals surface area contributed by atoms with E-state index in [0.717, 1.165) is 4.68 Å². The van der Waals surface area contributed by atoms with Gasteiger partial charge in [-0.25, -0.2) is 9.07 Å². The molecule has 0 radical (unpaired) electrons. The standard InChI is InChI=1S/C16H12ClF4N5O2/c17-10-5-8(16(19,20)21)6-11(18)12(10)26-7-9-13(24-26)22-15(23-14(9)27)25-1-3-28-4-2-25/h5-7H,1-4H2,(H,22,23,24,27). The number of aromatic amines is 1. The maximum atomic E-state index is 14.4. The average Bonchev–Trinajstić information content (AvgIpc) is 3.05. The fourth-order valence-corrected chi connectivity index (χ4v) is 3.19. The second-order valence-corrected chi connectivity index (χ2v) is 6.49. The smallest absolute Gasteiger partial charge is 0.378 e. The summed E-state index contributed by atoms with van der Waals surface area (Å²) in [6.45, 7) is 1.99. The molecule has 12 heteroatoms. The van der Waals surface area contributed by atoms with E-state index in [0.29, 0.717) is 38.4 Å². The Morgan fingerprint density at radius 1 is 1.21 bits per heavy atom. The van der Waals surface area contributed by atoms with E-state index in [1.54, 1.807) is 4.90 Å². The van der Waals surface area contributed by atoms with Crippen LogP contribution in [0.3, 0.4) is 0 Å². The van der Waals surface area contributed by atoms with Gasteiger partial charge in [0.15, 0.2) is 11.5 Å². The number of alkyl halides is 3. The number of nitrogens with one attached hydrogen (secondary N) is 1. The maximum Gasteiger partial charge on any atom is 0.416 e. The predicted molar refractivity (Wildman–Crippen MR) is 92.5 cm³/mol. The van der Waals surface area contributed by atoms with Crippen LogP contribution in [-0.2, 0) is 10.9 Å². The lowest BCUT2D eigenvalue weighted by atomic mass is 10.2. The summed E-state index contributed by atoms with van der Waals surface area (Å²) in [5, 5.41) is 3.59. The Kier molecular flexibility index (Phi) is 4.50. The first kappa shape index (κ1) is 18.7. The van der Waals surface area contributed by atoms with Crippen molar-refractivity contribution in [2.24, 2.45) is 0 Å². The first-order chi connectivity index (χ1) is 13.2. The minimum absolute atomic E-state index is 0.0145. The summed E-state index contributed by atoms with van der Waals surface area (Å²) >= 11 is 5.87. The Bertz CT molecular complexity index is 1080. The number of hydrogen-bond acceptors (Lipinski definition) is 5. The average molecular weight is 418 g/mol. The van der Waals surface area contributed by atoms with Crippen molar-refractivity contribution in [3.8, 4) is 5.69 Å². The van der Waals surface area contributed by atoms with Gasteiger partial charge in [-0.1, -0.05) is 11.6 Å². The van der Waals surface area contributed by atoms with Crippen LogP contribution < -0.4 is 10.5 Å². The van der Waals surface area contributed by atoms with E-state index in [1.165, 1.54) is 6.20 Å². The number of fused-ring (bicyclic) bond motifs is 1. The van der Waals surface area contributed by atoms with Crippen molar-refractivity contribution < 1.29 is 22.3 Å². The summed E-state index contributed by atoms with van der Waals surface area (Å²) < 4.78 is 58.9. The number of halogens is 5. The lowest BCUT2D eigenvalue weighted by Crippen LogP contribution is -2.38. The molecule has 2 aromatic heterocycles. The number of anilines is 1. The monoisotopic (exact) mass is 417 g/mol. The fraction of sp³-hybridized carbons (Fsp3) is 0.312. The molecule has 7 nitrogen and oxygen atoms in total. The molecule has 0 atom stereocenters. The zero-order valence-electron chi connectivity index (χ0n) is 14.1. The first-order valence-corrected chi connectivity index (χ1v) is 8.51.